The Morgan fingerprint density at radius 3 is 2.38 bits per heavy atom. The quantitative estimate of drug-likeness (QED) is 0.305. The Hall–Kier alpha value is -3.38. The van der Waals surface area contributed by atoms with Crippen molar-refractivity contribution >= 4 is 33.9 Å². The number of carbonyl (C=O) groups excluding carboxylic acids is 2. The maximum Gasteiger partial charge on any atom is 0.340 e. The first-order chi connectivity index (χ1) is 16.2. The zero-order chi connectivity index (χ0) is 24.6. The molecule has 34 heavy (non-hydrogen) atoms. The molecule has 1 aliphatic heterocycles. The number of aryl methyl sites for hydroxylation is 2. The number of ether oxygens (including phenoxy) is 1. The normalized spacial score (nSPS) is 14.9. The molecule has 0 N–H and O–H groups in total. The van der Waals surface area contributed by atoms with Gasteiger partial charge in [0, 0.05) is 27.2 Å². The number of amides is 1. The summed E-state index contributed by atoms with van der Waals surface area (Å²) in [4.78, 5) is 27.9. The van der Waals surface area contributed by atoms with Gasteiger partial charge < -0.3 is 14.2 Å². The highest BCUT2D eigenvalue weighted by Gasteiger charge is 2.37. The van der Waals surface area contributed by atoms with Gasteiger partial charge in [-0.1, -0.05) is 51.8 Å². The number of aromatic nitrogens is 1. The Morgan fingerprint density at radius 2 is 1.74 bits per heavy atom. The third-order valence-corrected chi connectivity index (χ3v) is 6.69. The summed E-state index contributed by atoms with van der Waals surface area (Å²) < 4.78 is 8.17. The van der Waals surface area contributed by atoms with Crippen LogP contribution in [0.15, 0.2) is 75.9 Å². The van der Waals surface area contributed by atoms with E-state index in [0.29, 0.717) is 23.4 Å². The minimum atomic E-state index is -0.510. The minimum absolute atomic E-state index is 0.203. The third-order valence-electron chi connectivity index (χ3n) is 6.20. The van der Waals surface area contributed by atoms with Crippen LogP contribution >= 0.6 is 15.9 Å². The predicted molar refractivity (Wildman–Crippen MR) is 137 cm³/mol. The lowest BCUT2D eigenvalue weighted by atomic mass is 10.0. The van der Waals surface area contributed by atoms with Gasteiger partial charge in [-0.2, -0.15) is 0 Å². The van der Waals surface area contributed by atoms with Crippen molar-refractivity contribution < 1.29 is 14.3 Å². The fraction of sp³-hybridized carbons (Fsp3) is 0.214. The lowest BCUT2D eigenvalue weighted by Gasteiger charge is -2.18. The van der Waals surface area contributed by atoms with Crippen LogP contribution in [0.3, 0.4) is 0 Å². The third kappa shape index (κ3) is 4.38. The summed E-state index contributed by atoms with van der Waals surface area (Å²) in [6, 6.07) is 18.1. The maximum atomic E-state index is 13.5. The average Bonchev–Trinajstić information content (AvgIpc) is 3.21. The van der Waals surface area contributed by atoms with Gasteiger partial charge in [0.25, 0.3) is 5.91 Å². The second-order valence-corrected chi connectivity index (χ2v) is 9.44. The Labute approximate surface area is 208 Å². The van der Waals surface area contributed by atoms with Crippen molar-refractivity contribution in [3.8, 4) is 5.69 Å². The highest BCUT2D eigenvalue weighted by Crippen LogP contribution is 2.34. The summed E-state index contributed by atoms with van der Waals surface area (Å²) in [6.45, 7) is 8.25. The molecule has 0 radical (unpaired) electrons. The minimum Gasteiger partial charge on any atom is -0.465 e. The first-order valence-electron chi connectivity index (χ1n) is 11.0. The molecule has 1 aliphatic rings. The van der Waals surface area contributed by atoms with Crippen LogP contribution in [0.2, 0.25) is 0 Å². The predicted octanol–water partition coefficient (Wildman–Crippen LogP) is 6.04. The van der Waals surface area contributed by atoms with Crippen LogP contribution in [0.25, 0.3) is 11.8 Å². The summed E-state index contributed by atoms with van der Waals surface area (Å²) in [5.74, 6) is -0.713. The largest absolute Gasteiger partial charge is 0.465 e. The molecule has 0 fully saturated rings. The summed E-state index contributed by atoms with van der Waals surface area (Å²) in [7, 11) is 1.34. The molecule has 0 unspecified atom stereocenters. The molecule has 0 saturated carbocycles. The first-order valence-corrected chi connectivity index (χ1v) is 11.8. The SMILES string of the molecule is COC(=O)C1=C(C)N(Cc2ccc(C)cc2)C(=O)/C1=C\c1cc(C)n(-c2cccc(Br)c2)c1C. The fourth-order valence-corrected chi connectivity index (χ4v) is 4.78. The Morgan fingerprint density at radius 1 is 1.03 bits per heavy atom. The molecule has 4 rings (SSSR count). The van der Waals surface area contributed by atoms with Gasteiger partial charge in [0.2, 0.25) is 0 Å². The van der Waals surface area contributed by atoms with Crippen molar-refractivity contribution in [1.82, 2.24) is 9.47 Å². The number of allylic oxidation sites excluding steroid dienone is 1. The summed E-state index contributed by atoms with van der Waals surface area (Å²) in [6.07, 6.45) is 1.81. The van der Waals surface area contributed by atoms with E-state index in [1.165, 1.54) is 7.11 Å². The van der Waals surface area contributed by atoms with Crippen LogP contribution in [-0.2, 0) is 20.9 Å². The lowest BCUT2D eigenvalue weighted by Crippen LogP contribution is -2.24. The lowest BCUT2D eigenvalue weighted by molar-refractivity contribution is -0.136. The van der Waals surface area contributed by atoms with Gasteiger partial charge in [-0.25, -0.2) is 4.79 Å². The van der Waals surface area contributed by atoms with Crippen molar-refractivity contribution in [3.63, 3.8) is 0 Å². The van der Waals surface area contributed by atoms with Crippen LogP contribution in [0.5, 0.6) is 0 Å². The molecule has 1 aromatic heterocycles. The standard InChI is InChI=1S/C28H27BrN2O3/c1-17-9-11-21(12-10-17)16-30-20(4)26(28(33)34-5)25(27(30)32)14-22-13-18(2)31(19(22)3)24-8-6-7-23(29)15-24/h6-15H,16H2,1-5H3/b25-14-. The highest BCUT2D eigenvalue weighted by molar-refractivity contribution is 9.10. The van der Waals surface area contributed by atoms with E-state index in [0.717, 1.165) is 38.2 Å². The van der Waals surface area contributed by atoms with Crippen molar-refractivity contribution in [3.05, 3.63) is 104 Å². The zero-order valence-corrected chi connectivity index (χ0v) is 21.6. The topological polar surface area (TPSA) is 51.5 Å². The summed E-state index contributed by atoms with van der Waals surface area (Å²) in [5, 5.41) is 0. The molecule has 174 valence electrons. The van der Waals surface area contributed by atoms with E-state index >= 15 is 0 Å². The van der Waals surface area contributed by atoms with E-state index in [1.54, 1.807) is 11.8 Å². The number of halogens is 1. The van der Waals surface area contributed by atoms with Crippen molar-refractivity contribution in [2.45, 2.75) is 34.2 Å². The molecule has 1 amide bonds. The number of nitrogens with zero attached hydrogens (tertiary/aromatic N) is 2. The van der Waals surface area contributed by atoms with E-state index in [1.807, 2.05) is 81.4 Å². The number of rotatable bonds is 5. The van der Waals surface area contributed by atoms with Crippen LogP contribution in [-0.4, -0.2) is 28.5 Å². The Bertz CT molecular complexity index is 1350. The Kier molecular flexibility index (Phi) is 6.62. The van der Waals surface area contributed by atoms with E-state index in [2.05, 4.69) is 20.5 Å². The summed E-state index contributed by atoms with van der Waals surface area (Å²) in [5.41, 5.74) is 7.33. The molecular formula is C28H27BrN2O3. The van der Waals surface area contributed by atoms with Gasteiger partial charge in [-0.3, -0.25) is 4.79 Å². The van der Waals surface area contributed by atoms with Gasteiger partial charge in [0.15, 0.2) is 0 Å². The monoisotopic (exact) mass is 518 g/mol. The second-order valence-electron chi connectivity index (χ2n) is 8.53. The van der Waals surface area contributed by atoms with Gasteiger partial charge in [0.1, 0.15) is 0 Å². The van der Waals surface area contributed by atoms with Gasteiger partial charge in [-0.05, 0) is 69.2 Å². The molecule has 0 atom stereocenters. The molecule has 3 aromatic rings. The molecule has 0 bridgehead atoms. The van der Waals surface area contributed by atoms with Gasteiger partial charge in [0.05, 0.1) is 24.8 Å². The van der Waals surface area contributed by atoms with Crippen LogP contribution in [0.4, 0.5) is 0 Å². The molecule has 2 aromatic carbocycles. The molecule has 0 spiro atoms. The highest BCUT2D eigenvalue weighted by atomic mass is 79.9. The second kappa shape index (κ2) is 9.47. The Balaban J connectivity index is 1.78. The number of hydrogen-bond acceptors (Lipinski definition) is 3. The molecule has 5 nitrogen and oxygen atoms in total. The van der Waals surface area contributed by atoms with E-state index in [9.17, 15) is 9.59 Å². The number of hydrogen-bond donors (Lipinski definition) is 0. The summed E-state index contributed by atoms with van der Waals surface area (Å²) >= 11 is 3.54. The fourth-order valence-electron chi connectivity index (χ4n) is 4.40. The number of benzene rings is 2. The molecular weight excluding hydrogens is 492 g/mol. The van der Waals surface area contributed by atoms with E-state index in [4.69, 9.17) is 4.74 Å². The van der Waals surface area contributed by atoms with Crippen molar-refractivity contribution in [2.24, 2.45) is 0 Å². The van der Waals surface area contributed by atoms with Crippen molar-refractivity contribution in [1.29, 1.82) is 0 Å². The van der Waals surface area contributed by atoms with Crippen LogP contribution in [0.1, 0.15) is 35.0 Å². The van der Waals surface area contributed by atoms with E-state index < -0.39 is 5.97 Å². The molecule has 2 heterocycles. The maximum absolute atomic E-state index is 13.5. The smallest absolute Gasteiger partial charge is 0.340 e. The van der Waals surface area contributed by atoms with Crippen LogP contribution < -0.4 is 0 Å². The number of methoxy groups -OCH3 is 1. The number of carbonyl (C=O) groups is 2. The number of esters is 1. The first kappa shape index (κ1) is 23.8. The average molecular weight is 519 g/mol. The van der Waals surface area contributed by atoms with Gasteiger partial charge >= 0.3 is 5.97 Å². The molecule has 6 heteroatoms. The van der Waals surface area contributed by atoms with Crippen molar-refractivity contribution in [2.75, 3.05) is 7.11 Å². The molecule has 0 saturated heterocycles. The van der Waals surface area contributed by atoms with Gasteiger partial charge in [-0.15, -0.1) is 0 Å². The van der Waals surface area contributed by atoms with E-state index in [-0.39, 0.29) is 5.91 Å². The molecule has 0 aliphatic carbocycles. The van der Waals surface area contributed by atoms with Crippen LogP contribution in [0, 0.1) is 20.8 Å². The zero-order valence-electron chi connectivity index (χ0n) is 20.0.